The lowest BCUT2D eigenvalue weighted by molar-refractivity contribution is -0.121. The third kappa shape index (κ3) is 7.14. The van der Waals surface area contributed by atoms with E-state index >= 15 is 0 Å². The van der Waals surface area contributed by atoms with Gasteiger partial charge in [-0.25, -0.2) is 0 Å². The second-order valence-corrected chi connectivity index (χ2v) is 7.57. The summed E-state index contributed by atoms with van der Waals surface area (Å²) in [7, 11) is 1.63. The summed E-state index contributed by atoms with van der Waals surface area (Å²) >= 11 is 0. The van der Waals surface area contributed by atoms with E-state index < -0.39 is 0 Å². The number of amides is 1. The fourth-order valence-electron chi connectivity index (χ4n) is 2.75. The number of hydrogen-bond donors (Lipinski definition) is 1. The van der Waals surface area contributed by atoms with Crippen molar-refractivity contribution in [3.8, 4) is 17.2 Å². The normalized spacial score (nSPS) is 11.0. The van der Waals surface area contributed by atoms with Crippen LogP contribution in [-0.4, -0.2) is 32.8 Å². The Bertz CT molecular complexity index is 735. The molecule has 5 heteroatoms. The molecule has 0 unspecified atom stereocenters. The summed E-state index contributed by atoms with van der Waals surface area (Å²) in [4.78, 5) is 11.9. The van der Waals surface area contributed by atoms with Gasteiger partial charge in [0.1, 0.15) is 23.9 Å². The lowest BCUT2D eigenvalue weighted by atomic mass is 9.86. The quantitative estimate of drug-likeness (QED) is 0.618. The van der Waals surface area contributed by atoms with Crippen molar-refractivity contribution < 1.29 is 19.0 Å². The molecule has 0 saturated carbocycles. The molecule has 0 saturated heterocycles. The average molecular weight is 386 g/mol. The minimum atomic E-state index is 0.00559. The first-order chi connectivity index (χ1) is 13.4. The van der Waals surface area contributed by atoms with Crippen molar-refractivity contribution in [1.29, 1.82) is 0 Å². The van der Waals surface area contributed by atoms with E-state index in [-0.39, 0.29) is 11.3 Å². The molecule has 0 aromatic heterocycles. The molecule has 1 N–H and O–H groups in total. The summed E-state index contributed by atoms with van der Waals surface area (Å²) in [5.41, 5.74) is 1.18. The molecule has 152 valence electrons. The molecule has 28 heavy (non-hydrogen) atoms. The number of rotatable bonds is 10. The van der Waals surface area contributed by atoms with Gasteiger partial charge in [0.25, 0.3) is 0 Å². The van der Waals surface area contributed by atoms with Crippen molar-refractivity contribution >= 4 is 5.91 Å². The van der Waals surface area contributed by atoms with Crippen molar-refractivity contribution in [2.24, 2.45) is 0 Å². The number of carbonyl (C=O) groups excluding carboxylic acids is 1. The van der Waals surface area contributed by atoms with Crippen molar-refractivity contribution in [3.05, 3.63) is 54.1 Å². The van der Waals surface area contributed by atoms with Crippen molar-refractivity contribution in [1.82, 2.24) is 5.32 Å². The van der Waals surface area contributed by atoms with Gasteiger partial charge in [0, 0.05) is 6.42 Å². The number of benzene rings is 2. The lowest BCUT2D eigenvalue weighted by Crippen LogP contribution is -2.28. The Kier molecular flexibility index (Phi) is 8.18. The highest BCUT2D eigenvalue weighted by Gasteiger charge is 2.18. The zero-order valence-corrected chi connectivity index (χ0v) is 17.3. The van der Waals surface area contributed by atoms with Gasteiger partial charge in [0.15, 0.2) is 0 Å². The summed E-state index contributed by atoms with van der Waals surface area (Å²) in [5.74, 6) is 2.44. The van der Waals surface area contributed by atoms with Crippen LogP contribution < -0.4 is 19.5 Å². The van der Waals surface area contributed by atoms with E-state index in [0.717, 1.165) is 22.8 Å². The molecule has 2 aromatic carbocycles. The fraction of sp³-hybridized carbons (Fsp3) is 0.435. The number of carbonyl (C=O) groups is 1. The van der Waals surface area contributed by atoms with Crippen LogP contribution in [0.2, 0.25) is 0 Å². The predicted octanol–water partition coefficient (Wildman–Crippen LogP) is 4.35. The smallest absolute Gasteiger partial charge is 0.220 e. The Morgan fingerprint density at radius 1 is 0.929 bits per heavy atom. The zero-order chi connectivity index (χ0) is 20.4. The molecule has 0 aliphatic heterocycles. The first-order valence-electron chi connectivity index (χ1n) is 9.66. The molecule has 0 aliphatic carbocycles. The molecule has 1 amide bonds. The number of ether oxygens (including phenoxy) is 3. The minimum absolute atomic E-state index is 0.00559. The minimum Gasteiger partial charge on any atom is -0.497 e. The standard InChI is InChI=1S/C23H31NO4/c1-23(2,3)20-8-5-6-9-21(20)28-17-15-24-22(25)10-7-16-27-19-13-11-18(26-4)12-14-19/h5-6,8-9,11-14H,7,10,15-17H2,1-4H3,(H,24,25). The highest BCUT2D eigenvalue weighted by molar-refractivity contribution is 5.75. The SMILES string of the molecule is COc1ccc(OCCCC(=O)NCCOc2ccccc2C(C)(C)C)cc1. The fourth-order valence-corrected chi connectivity index (χ4v) is 2.75. The van der Waals surface area contributed by atoms with Crippen LogP contribution in [0.1, 0.15) is 39.2 Å². The Labute approximate surface area is 168 Å². The molecule has 2 aromatic rings. The van der Waals surface area contributed by atoms with Crippen LogP contribution in [0.15, 0.2) is 48.5 Å². The largest absolute Gasteiger partial charge is 0.497 e. The van der Waals surface area contributed by atoms with Gasteiger partial charge in [-0.2, -0.15) is 0 Å². The lowest BCUT2D eigenvalue weighted by Gasteiger charge is -2.22. The van der Waals surface area contributed by atoms with Crippen LogP contribution >= 0.6 is 0 Å². The maximum atomic E-state index is 11.9. The summed E-state index contributed by atoms with van der Waals surface area (Å²) in [6, 6.07) is 15.4. The van der Waals surface area contributed by atoms with Crippen molar-refractivity contribution in [2.45, 2.75) is 39.0 Å². The molecule has 0 bridgehead atoms. The van der Waals surface area contributed by atoms with Crippen LogP contribution in [-0.2, 0) is 10.2 Å². The molecule has 0 radical (unpaired) electrons. The number of nitrogens with one attached hydrogen (secondary N) is 1. The molecule has 0 fully saturated rings. The highest BCUT2D eigenvalue weighted by Crippen LogP contribution is 2.30. The van der Waals surface area contributed by atoms with E-state index in [1.807, 2.05) is 42.5 Å². The molecule has 0 spiro atoms. The Balaban J connectivity index is 1.61. The number of hydrogen-bond acceptors (Lipinski definition) is 4. The third-order valence-corrected chi connectivity index (χ3v) is 4.25. The number of para-hydroxylation sites is 1. The van der Waals surface area contributed by atoms with E-state index in [1.165, 1.54) is 0 Å². The van der Waals surface area contributed by atoms with Gasteiger partial charge in [-0.1, -0.05) is 39.0 Å². The summed E-state index contributed by atoms with van der Waals surface area (Å²) < 4.78 is 16.6. The van der Waals surface area contributed by atoms with Crippen LogP contribution in [0.4, 0.5) is 0 Å². The topological polar surface area (TPSA) is 56.8 Å². The first kappa shape index (κ1) is 21.6. The Hall–Kier alpha value is -2.69. The van der Waals surface area contributed by atoms with E-state index in [4.69, 9.17) is 14.2 Å². The molecule has 2 rings (SSSR count). The molecular formula is C23H31NO4. The van der Waals surface area contributed by atoms with E-state index in [0.29, 0.717) is 32.6 Å². The third-order valence-electron chi connectivity index (χ3n) is 4.25. The Morgan fingerprint density at radius 2 is 1.61 bits per heavy atom. The monoisotopic (exact) mass is 385 g/mol. The van der Waals surface area contributed by atoms with E-state index in [1.54, 1.807) is 7.11 Å². The van der Waals surface area contributed by atoms with Gasteiger partial charge in [-0.3, -0.25) is 4.79 Å². The highest BCUT2D eigenvalue weighted by atomic mass is 16.5. The molecular weight excluding hydrogens is 354 g/mol. The molecule has 5 nitrogen and oxygen atoms in total. The van der Waals surface area contributed by atoms with Crippen molar-refractivity contribution in [2.75, 3.05) is 26.9 Å². The van der Waals surface area contributed by atoms with Crippen LogP contribution in [0.3, 0.4) is 0 Å². The van der Waals surface area contributed by atoms with Gasteiger partial charge in [-0.15, -0.1) is 0 Å². The summed E-state index contributed by atoms with van der Waals surface area (Å²) in [6.07, 6.45) is 1.08. The van der Waals surface area contributed by atoms with Gasteiger partial charge in [0.2, 0.25) is 5.91 Å². The van der Waals surface area contributed by atoms with Crippen LogP contribution in [0.5, 0.6) is 17.2 Å². The predicted molar refractivity (Wildman–Crippen MR) is 111 cm³/mol. The van der Waals surface area contributed by atoms with E-state index in [9.17, 15) is 4.79 Å². The average Bonchev–Trinajstić information content (AvgIpc) is 2.68. The van der Waals surface area contributed by atoms with Crippen LogP contribution in [0.25, 0.3) is 0 Å². The maximum Gasteiger partial charge on any atom is 0.220 e. The van der Waals surface area contributed by atoms with Gasteiger partial charge in [-0.05, 0) is 47.7 Å². The molecule has 0 aliphatic rings. The first-order valence-corrected chi connectivity index (χ1v) is 9.66. The zero-order valence-electron chi connectivity index (χ0n) is 17.3. The molecule has 0 heterocycles. The van der Waals surface area contributed by atoms with Crippen LogP contribution in [0, 0.1) is 0 Å². The van der Waals surface area contributed by atoms with E-state index in [2.05, 4.69) is 32.2 Å². The van der Waals surface area contributed by atoms with Gasteiger partial charge < -0.3 is 19.5 Å². The second kappa shape index (κ2) is 10.6. The second-order valence-electron chi connectivity index (χ2n) is 7.57. The summed E-state index contributed by atoms with van der Waals surface area (Å²) in [6.45, 7) is 7.90. The van der Waals surface area contributed by atoms with Gasteiger partial charge >= 0.3 is 0 Å². The molecule has 0 atom stereocenters. The van der Waals surface area contributed by atoms with Crippen molar-refractivity contribution in [3.63, 3.8) is 0 Å². The Morgan fingerprint density at radius 3 is 2.29 bits per heavy atom. The number of methoxy groups -OCH3 is 1. The summed E-state index contributed by atoms with van der Waals surface area (Å²) in [5, 5.41) is 2.89. The van der Waals surface area contributed by atoms with Gasteiger partial charge in [0.05, 0.1) is 20.3 Å². The maximum absolute atomic E-state index is 11.9.